The number of nitrogens with zero attached hydrogens (tertiary/aromatic N) is 3. The largest absolute Gasteiger partial charge is 0.399 e. The van der Waals surface area contributed by atoms with Crippen LogP contribution in [0.25, 0.3) is 0 Å². The number of amides is 2. The zero-order chi connectivity index (χ0) is 23.1. The molecule has 3 heterocycles. The molecule has 5 N–H and O–H groups in total. The number of benzene rings is 1. The van der Waals surface area contributed by atoms with Gasteiger partial charge in [-0.2, -0.15) is 0 Å². The van der Waals surface area contributed by atoms with E-state index in [0.717, 1.165) is 13.1 Å². The first-order valence-electron chi connectivity index (χ1n) is 10.8. The third-order valence-electron chi connectivity index (χ3n) is 5.28. The Kier molecular flexibility index (Phi) is 8.02. The number of nitrogen functional groups attached to an aromatic ring is 2. The molecule has 172 valence electrons. The van der Waals surface area contributed by atoms with Crippen LogP contribution in [0.5, 0.6) is 0 Å². The normalized spacial score (nSPS) is 20.8. The van der Waals surface area contributed by atoms with Gasteiger partial charge in [-0.3, -0.25) is 14.6 Å². The van der Waals surface area contributed by atoms with E-state index in [2.05, 4.69) is 24.1 Å². The summed E-state index contributed by atoms with van der Waals surface area (Å²) in [4.78, 5) is 31.7. The van der Waals surface area contributed by atoms with E-state index in [1.165, 1.54) is 12.4 Å². The fourth-order valence-electron chi connectivity index (χ4n) is 3.87. The molecule has 0 saturated carbocycles. The Morgan fingerprint density at radius 1 is 0.938 bits per heavy atom. The quantitative estimate of drug-likeness (QED) is 0.600. The van der Waals surface area contributed by atoms with E-state index in [9.17, 15) is 9.59 Å². The van der Waals surface area contributed by atoms with Crippen molar-refractivity contribution >= 4 is 23.2 Å². The van der Waals surface area contributed by atoms with E-state index in [-0.39, 0.29) is 11.8 Å². The zero-order valence-electron chi connectivity index (χ0n) is 18.7. The summed E-state index contributed by atoms with van der Waals surface area (Å²) in [5, 5.41) is 3.41. The molecule has 1 aromatic heterocycles. The van der Waals surface area contributed by atoms with Crippen molar-refractivity contribution in [1.82, 2.24) is 20.1 Å². The SMILES string of the molecule is C[C@@H]1CN(C(=O)c2cccc(N)c2)C[C@H](C)N1.Nc1cncc(C(=O)N2CCOCC2)c1. The number of pyridine rings is 1. The summed E-state index contributed by atoms with van der Waals surface area (Å²) in [6.45, 7) is 8.14. The van der Waals surface area contributed by atoms with Crippen molar-refractivity contribution in [3.05, 3.63) is 53.9 Å². The van der Waals surface area contributed by atoms with Gasteiger partial charge in [0, 0.05) is 61.9 Å². The molecule has 2 saturated heterocycles. The number of carbonyl (C=O) groups is 2. The smallest absolute Gasteiger partial charge is 0.255 e. The Morgan fingerprint density at radius 3 is 2.19 bits per heavy atom. The molecule has 2 aliphatic heterocycles. The van der Waals surface area contributed by atoms with Crippen molar-refractivity contribution in [3.63, 3.8) is 0 Å². The molecule has 2 amide bonds. The van der Waals surface area contributed by atoms with Gasteiger partial charge in [-0.15, -0.1) is 0 Å². The first-order chi connectivity index (χ1) is 15.3. The van der Waals surface area contributed by atoms with E-state index >= 15 is 0 Å². The van der Waals surface area contributed by atoms with Gasteiger partial charge < -0.3 is 31.3 Å². The number of anilines is 2. The molecule has 0 spiro atoms. The number of carbonyl (C=O) groups excluding carboxylic acids is 2. The second kappa shape index (κ2) is 10.9. The number of morpholine rings is 1. The average molecular weight is 441 g/mol. The zero-order valence-corrected chi connectivity index (χ0v) is 18.7. The van der Waals surface area contributed by atoms with Gasteiger partial charge in [0.2, 0.25) is 0 Å². The van der Waals surface area contributed by atoms with Crippen LogP contribution in [-0.4, -0.2) is 78.1 Å². The molecule has 2 fully saturated rings. The Hall–Kier alpha value is -3.17. The molecule has 2 aromatic rings. The highest BCUT2D eigenvalue weighted by Gasteiger charge is 2.25. The molecule has 0 bridgehead atoms. The lowest BCUT2D eigenvalue weighted by Gasteiger charge is -2.36. The molecule has 2 atom stereocenters. The van der Waals surface area contributed by atoms with Gasteiger partial charge >= 0.3 is 0 Å². The second-order valence-electron chi connectivity index (χ2n) is 8.22. The molecule has 9 heteroatoms. The Labute approximate surface area is 188 Å². The van der Waals surface area contributed by atoms with Gasteiger partial charge in [0.05, 0.1) is 24.5 Å². The van der Waals surface area contributed by atoms with E-state index in [1.807, 2.05) is 17.0 Å². The lowest BCUT2D eigenvalue weighted by atomic mass is 10.1. The van der Waals surface area contributed by atoms with E-state index in [0.29, 0.717) is 60.9 Å². The van der Waals surface area contributed by atoms with E-state index in [4.69, 9.17) is 16.2 Å². The van der Waals surface area contributed by atoms with Gasteiger partial charge in [0.1, 0.15) is 0 Å². The summed E-state index contributed by atoms with van der Waals surface area (Å²) in [6, 6.07) is 9.48. The number of ether oxygens (including phenoxy) is 1. The number of rotatable bonds is 2. The number of hydrogen-bond donors (Lipinski definition) is 3. The van der Waals surface area contributed by atoms with Crippen LogP contribution in [0.2, 0.25) is 0 Å². The fraction of sp³-hybridized carbons (Fsp3) is 0.435. The predicted molar refractivity (Wildman–Crippen MR) is 124 cm³/mol. The lowest BCUT2D eigenvalue weighted by molar-refractivity contribution is 0.0302. The topological polar surface area (TPSA) is 127 Å². The van der Waals surface area contributed by atoms with Crippen molar-refractivity contribution in [1.29, 1.82) is 0 Å². The van der Waals surface area contributed by atoms with Gasteiger partial charge in [0.25, 0.3) is 11.8 Å². The molecule has 9 nitrogen and oxygen atoms in total. The number of nitrogens with one attached hydrogen (secondary N) is 1. The van der Waals surface area contributed by atoms with Crippen LogP contribution in [0, 0.1) is 0 Å². The summed E-state index contributed by atoms with van der Waals surface area (Å²) in [6.07, 6.45) is 3.06. The lowest BCUT2D eigenvalue weighted by Crippen LogP contribution is -2.55. The molecular weight excluding hydrogens is 408 g/mol. The summed E-state index contributed by atoms with van der Waals surface area (Å²) < 4.78 is 5.18. The van der Waals surface area contributed by atoms with Crippen molar-refractivity contribution in [2.45, 2.75) is 25.9 Å². The highest BCUT2D eigenvalue weighted by atomic mass is 16.5. The Balaban J connectivity index is 0.000000182. The van der Waals surface area contributed by atoms with Gasteiger partial charge in [-0.05, 0) is 38.1 Å². The predicted octanol–water partition coefficient (Wildman–Crippen LogP) is 1.23. The number of nitrogens with two attached hydrogens (primary N) is 2. The van der Waals surface area contributed by atoms with Gasteiger partial charge in [-0.1, -0.05) is 6.07 Å². The fourth-order valence-corrected chi connectivity index (χ4v) is 3.87. The highest BCUT2D eigenvalue weighted by molar-refractivity contribution is 5.95. The number of piperazine rings is 1. The molecule has 0 radical (unpaired) electrons. The van der Waals surface area contributed by atoms with Crippen molar-refractivity contribution in [3.8, 4) is 0 Å². The summed E-state index contributed by atoms with van der Waals surface area (Å²) >= 11 is 0. The van der Waals surface area contributed by atoms with Crippen molar-refractivity contribution in [2.75, 3.05) is 50.9 Å². The maximum atomic E-state index is 12.3. The molecule has 1 aromatic carbocycles. The van der Waals surface area contributed by atoms with E-state index < -0.39 is 0 Å². The minimum atomic E-state index is -0.0295. The van der Waals surface area contributed by atoms with Crippen molar-refractivity contribution in [2.24, 2.45) is 0 Å². The summed E-state index contributed by atoms with van der Waals surface area (Å²) in [7, 11) is 0. The molecule has 4 rings (SSSR count). The Bertz CT molecular complexity index is 921. The minimum absolute atomic E-state index is 0.0295. The van der Waals surface area contributed by atoms with Crippen LogP contribution in [0.15, 0.2) is 42.7 Å². The minimum Gasteiger partial charge on any atom is -0.399 e. The van der Waals surface area contributed by atoms with Gasteiger partial charge in [-0.25, -0.2) is 0 Å². The second-order valence-corrected chi connectivity index (χ2v) is 8.22. The monoisotopic (exact) mass is 440 g/mol. The van der Waals surface area contributed by atoms with Crippen LogP contribution in [0.1, 0.15) is 34.6 Å². The Morgan fingerprint density at radius 2 is 1.56 bits per heavy atom. The van der Waals surface area contributed by atoms with Crippen LogP contribution >= 0.6 is 0 Å². The van der Waals surface area contributed by atoms with Gasteiger partial charge in [0.15, 0.2) is 0 Å². The van der Waals surface area contributed by atoms with Crippen LogP contribution < -0.4 is 16.8 Å². The number of aromatic nitrogens is 1. The first-order valence-corrected chi connectivity index (χ1v) is 10.8. The molecule has 0 unspecified atom stereocenters. The van der Waals surface area contributed by atoms with E-state index in [1.54, 1.807) is 23.1 Å². The van der Waals surface area contributed by atoms with Crippen molar-refractivity contribution < 1.29 is 14.3 Å². The van der Waals surface area contributed by atoms with Crippen LogP contribution in [-0.2, 0) is 4.74 Å². The molecule has 0 aliphatic carbocycles. The van der Waals surface area contributed by atoms with Crippen LogP contribution in [0.3, 0.4) is 0 Å². The molecule has 2 aliphatic rings. The summed E-state index contributed by atoms with van der Waals surface area (Å²) in [5.41, 5.74) is 13.6. The average Bonchev–Trinajstić information content (AvgIpc) is 2.78. The third kappa shape index (κ3) is 6.41. The standard InChI is InChI=1S/C13H19N3O.C10H13N3O2/c1-9-7-16(8-10(2)15-9)13(17)11-4-3-5-12(14)6-11;11-9-5-8(6-12-7-9)10(14)13-1-3-15-4-2-13/h3-6,9-10,15H,7-8,14H2,1-2H3;5-7H,1-4,11H2/t9-,10+;. The third-order valence-corrected chi connectivity index (χ3v) is 5.28. The highest BCUT2D eigenvalue weighted by Crippen LogP contribution is 2.13. The maximum absolute atomic E-state index is 12.3. The molecular formula is C23H32N6O3. The summed E-state index contributed by atoms with van der Waals surface area (Å²) in [5.74, 6) is 0.0376. The first kappa shape index (κ1) is 23.5. The number of hydrogen-bond acceptors (Lipinski definition) is 7. The van der Waals surface area contributed by atoms with Crippen LogP contribution in [0.4, 0.5) is 11.4 Å². The molecule has 32 heavy (non-hydrogen) atoms. The maximum Gasteiger partial charge on any atom is 0.255 e.